The van der Waals surface area contributed by atoms with Crippen LogP contribution in [-0.4, -0.2) is 47.3 Å². The van der Waals surface area contributed by atoms with Gasteiger partial charge in [0, 0.05) is 44.2 Å². The predicted molar refractivity (Wildman–Crippen MR) is 118 cm³/mol. The fourth-order valence-corrected chi connectivity index (χ4v) is 4.42. The quantitative estimate of drug-likeness (QED) is 0.599. The summed E-state index contributed by atoms with van der Waals surface area (Å²) in [4.78, 5) is 2.10. The first kappa shape index (κ1) is 19.9. The molecule has 0 unspecified atom stereocenters. The van der Waals surface area contributed by atoms with Crippen molar-refractivity contribution in [3.63, 3.8) is 0 Å². The second-order valence-electron chi connectivity index (χ2n) is 7.26. The lowest BCUT2D eigenvalue weighted by atomic mass is 10.2. The molecule has 3 aromatic rings. The molecule has 0 saturated carbocycles. The van der Waals surface area contributed by atoms with Gasteiger partial charge in [0.05, 0.1) is 6.10 Å². The lowest BCUT2D eigenvalue weighted by Crippen LogP contribution is -2.17. The summed E-state index contributed by atoms with van der Waals surface area (Å²) in [6.07, 6.45) is 0.0847. The Morgan fingerprint density at radius 2 is 1.86 bits per heavy atom. The zero-order chi connectivity index (χ0) is 20.2. The number of anilines is 1. The first-order chi connectivity index (χ1) is 14.2. The molecule has 0 aliphatic carbocycles. The molecule has 4 rings (SSSR count). The van der Waals surface area contributed by atoms with Crippen molar-refractivity contribution < 1.29 is 4.74 Å². The van der Waals surface area contributed by atoms with Crippen LogP contribution in [0.1, 0.15) is 18.7 Å². The summed E-state index contributed by atoms with van der Waals surface area (Å²) in [5.74, 6) is 1.76. The maximum absolute atomic E-state index is 6.23. The molecule has 1 aliphatic heterocycles. The Bertz CT molecular complexity index is 926. The van der Waals surface area contributed by atoms with Gasteiger partial charge in [0.15, 0.2) is 11.0 Å². The maximum atomic E-state index is 6.23. The van der Waals surface area contributed by atoms with Crippen molar-refractivity contribution in [2.24, 2.45) is 0 Å². The van der Waals surface area contributed by atoms with Gasteiger partial charge in [-0.05, 0) is 24.6 Å². The van der Waals surface area contributed by atoms with E-state index in [1.54, 1.807) is 11.8 Å². The highest BCUT2D eigenvalue weighted by Gasteiger charge is 2.26. The zero-order valence-electron chi connectivity index (χ0n) is 17.1. The van der Waals surface area contributed by atoms with Crippen LogP contribution in [0.4, 0.5) is 5.69 Å². The monoisotopic (exact) mass is 409 g/mol. The summed E-state index contributed by atoms with van der Waals surface area (Å²) in [6.45, 7) is 3.80. The van der Waals surface area contributed by atoms with E-state index >= 15 is 0 Å². The van der Waals surface area contributed by atoms with Crippen LogP contribution in [0.2, 0.25) is 0 Å². The number of hydrogen-bond donors (Lipinski definition) is 1. The summed E-state index contributed by atoms with van der Waals surface area (Å²) >= 11 is 1.71. The van der Waals surface area contributed by atoms with Crippen LogP contribution in [0.25, 0.3) is 11.4 Å². The molecule has 0 amide bonds. The molecule has 2 aromatic carbocycles. The van der Waals surface area contributed by atoms with Gasteiger partial charge in [-0.2, -0.15) is 0 Å². The van der Waals surface area contributed by atoms with Crippen molar-refractivity contribution in [1.82, 2.24) is 20.1 Å². The van der Waals surface area contributed by atoms with E-state index in [2.05, 4.69) is 68.3 Å². The summed E-state index contributed by atoms with van der Waals surface area (Å²) in [5, 5.41) is 13.3. The predicted octanol–water partition coefficient (Wildman–Crippen LogP) is 3.81. The molecular formula is C22H27N5OS. The second-order valence-corrected chi connectivity index (χ2v) is 8.25. The van der Waals surface area contributed by atoms with Crippen LogP contribution in [0, 0.1) is 0 Å². The van der Waals surface area contributed by atoms with Gasteiger partial charge in [-0.15, -0.1) is 10.2 Å². The SMILES string of the molecule is CCn1c(SC[C@H]2CN[C@@H](c3ccc(N(C)C)cc3)O2)nnc1-c1ccccc1. The molecule has 0 radical (unpaired) electrons. The third-order valence-electron chi connectivity index (χ3n) is 5.04. The molecule has 7 heteroatoms. The van der Waals surface area contributed by atoms with E-state index in [0.29, 0.717) is 0 Å². The number of nitrogens with zero attached hydrogens (tertiary/aromatic N) is 4. The fourth-order valence-electron chi connectivity index (χ4n) is 3.42. The number of ether oxygens (including phenoxy) is 1. The molecule has 1 aliphatic rings. The molecule has 2 heterocycles. The largest absolute Gasteiger partial charge is 0.378 e. The molecule has 6 nitrogen and oxygen atoms in total. The van der Waals surface area contributed by atoms with Gasteiger partial charge in [-0.25, -0.2) is 0 Å². The third-order valence-corrected chi connectivity index (χ3v) is 6.13. The first-order valence-corrected chi connectivity index (χ1v) is 10.9. The Kier molecular flexibility index (Phi) is 6.18. The van der Waals surface area contributed by atoms with E-state index in [1.807, 2.05) is 32.3 Å². The normalized spacial score (nSPS) is 18.9. The minimum atomic E-state index is -0.0549. The number of thioether (sulfide) groups is 1. The lowest BCUT2D eigenvalue weighted by Gasteiger charge is -2.16. The summed E-state index contributed by atoms with van der Waals surface area (Å²) < 4.78 is 8.40. The second kappa shape index (κ2) is 8.98. The standard InChI is InChI=1S/C22H27N5OS/c1-4-27-20(16-8-6-5-7-9-16)24-25-22(27)29-15-19-14-23-21(28-19)17-10-12-18(13-11-17)26(2)3/h5-13,19,21,23H,4,14-15H2,1-3H3/t19-,21-/m1/s1. The van der Waals surface area contributed by atoms with Crippen molar-refractivity contribution >= 4 is 17.4 Å². The molecule has 1 saturated heterocycles. The Morgan fingerprint density at radius 1 is 1.10 bits per heavy atom. The van der Waals surface area contributed by atoms with Gasteiger partial charge in [0.2, 0.25) is 0 Å². The molecule has 29 heavy (non-hydrogen) atoms. The van der Waals surface area contributed by atoms with Crippen molar-refractivity contribution in [2.75, 3.05) is 31.3 Å². The molecule has 152 valence electrons. The highest BCUT2D eigenvalue weighted by atomic mass is 32.2. The van der Waals surface area contributed by atoms with Crippen LogP contribution >= 0.6 is 11.8 Å². The molecule has 0 spiro atoms. The average Bonchev–Trinajstić information content (AvgIpc) is 3.39. The summed E-state index contributed by atoms with van der Waals surface area (Å²) in [7, 11) is 4.09. The Morgan fingerprint density at radius 3 is 2.55 bits per heavy atom. The van der Waals surface area contributed by atoms with Gasteiger partial charge in [-0.1, -0.05) is 54.2 Å². The number of nitrogens with one attached hydrogen (secondary N) is 1. The van der Waals surface area contributed by atoms with Gasteiger partial charge in [-0.3, -0.25) is 5.32 Å². The Balaban J connectivity index is 1.37. The minimum absolute atomic E-state index is 0.0549. The van der Waals surface area contributed by atoms with Crippen LogP contribution in [0.5, 0.6) is 0 Å². The molecule has 0 bridgehead atoms. The number of aromatic nitrogens is 3. The maximum Gasteiger partial charge on any atom is 0.191 e. The minimum Gasteiger partial charge on any atom is -0.378 e. The van der Waals surface area contributed by atoms with Crippen molar-refractivity contribution in [1.29, 1.82) is 0 Å². The van der Waals surface area contributed by atoms with Gasteiger partial charge in [0.25, 0.3) is 0 Å². The summed E-state index contributed by atoms with van der Waals surface area (Å²) in [6, 6.07) is 18.7. The number of rotatable bonds is 7. The van der Waals surface area contributed by atoms with E-state index < -0.39 is 0 Å². The molecular weight excluding hydrogens is 382 g/mol. The van der Waals surface area contributed by atoms with Crippen LogP contribution < -0.4 is 10.2 Å². The van der Waals surface area contributed by atoms with E-state index in [-0.39, 0.29) is 12.3 Å². The van der Waals surface area contributed by atoms with Crippen molar-refractivity contribution in [3.05, 3.63) is 60.2 Å². The molecule has 1 N–H and O–H groups in total. The van der Waals surface area contributed by atoms with Crippen LogP contribution in [0.15, 0.2) is 59.8 Å². The molecule has 1 fully saturated rings. The highest BCUT2D eigenvalue weighted by molar-refractivity contribution is 7.99. The third kappa shape index (κ3) is 4.47. The van der Waals surface area contributed by atoms with Crippen molar-refractivity contribution in [3.8, 4) is 11.4 Å². The molecule has 1 aromatic heterocycles. The van der Waals surface area contributed by atoms with E-state index in [4.69, 9.17) is 4.74 Å². The summed E-state index contributed by atoms with van der Waals surface area (Å²) in [5.41, 5.74) is 3.44. The topological polar surface area (TPSA) is 55.2 Å². The van der Waals surface area contributed by atoms with Crippen LogP contribution in [-0.2, 0) is 11.3 Å². The number of hydrogen-bond acceptors (Lipinski definition) is 6. The van der Waals surface area contributed by atoms with E-state index in [0.717, 1.165) is 41.0 Å². The van der Waals surface area contributed by atoms with Crippen LogP contribution in [0.3, 0.4) is 0 Å². The van der Waals surface area contributed by atoms with Gasteiger partial charge < -0.3 is 14.2 Å². The van der Waals surface area contributed by atoms with Gasteiger partial charge >= 0.3 is 0 Å². The van der Waals surface area contributed by atoms with Gasteiger partial charge in [0.1, 0.15) is 6.23 Å². The number of benzene rings is 2. The fraction of sp³-hybridized carbons (Fsp3) is 0.364. The average molecular weight is 410 g/mol. The van der Waals surface area contributed by atoms with E-state index in [9.17, 15) is 0 Å². The highest BCUT2D eigenvalue weighted by Crippen LogP contribution is 2.28. The molecule has 2 atom stereocenters. The van der Waals surface area contributed by atoms with Crippen molar-refractivity contribution in [2.45, 2.75) is 31.0 Å². The Labute approximate surface area is 176 Å². The first-order valence-electron chi connectivity index (χ1n) is 9.93. The lowest BCUT2D eigenvalue weighted by molar-refractivity contribution is 0.0534. The van der Waals surface area contributed by atoms with E-state index in [1.165, 1.54) is 5.69 Å². The zero-order valence-corrected chi connectivity index (χ0v) is 17.9. The smallest absolute Gasteiger partial charge is 0.191 e. The Hall–Kier alpha value is -2.35.